The molecule has 20 heavy (non-hydrogen) atoms. The van der Waals surface area contributed by atoms with E-state index in [0.29, 0.717) is 28.7 Å². The van der Waals surface area contributed by atoms with Crippen LogP contribution >= 0.6 is 11.6 Å². The number of halogens is 1. The quantitative estimate of drug-likeness (QED) is 0.633. The van der Waals surface area contributed by atoms with Gasteiger partial charge in [0.1, 0.15) is 5.15 Å². The molecular weight excluding hydrogens is 296 g/mol. The van der Waals surface area contributed by atoms with E-state index in [9.17, 15) is 8.42 Å². The van der Waals surface area contributed by atoms with Gasteiger partial charge in [0.25, 0.3) is 0 Å². The summed E-state index contributed by atoms with van der Waals surface area (Å²) >= 11 is 5.82. The van der Waals surface area contributed by atoms with Crippen LogP contribution in [0, 0.1) is 0 Å². The number of benzene rings is 1. The molecule has 1 aliphatic heterocycles. The third-order valence-corrected chi connectivity index (χ3v) is 5.36. The van der Waals surface area contributed by atoms with E-state index in [4.69, 9.17) is 11.6 Å². The number of rotatable bonds is 2. The van der Waals surface area contributed by atoms with Gasteiger partial charge in [0.15, 0.2) is 0 Å². The Bertz CT molecular complexity index is 787. The van der Waals surface area contributed by atoms with Gasteiger partial charge in [-0.05, 0) is 36.8 Å². The average Bonchev–Trinajstić information content (AvgIpc) is 2.47. The number of hydrogen-bond acceptors (Lipinski definition) is 3. The lowest BCUT2D eigenvalue weighted by Gasteiger charge is -2.22. The van der Waals surface area contributed by atoms with Gasteiger partial charge in [-0.25, -0.2) is 13.4 Å². The first-order valence-corrected chi connectivity index (χ1v) is 8.11. The van der Waals surface area contributed by atoms with Gasteiger partial charge in [-0.2, -0.15) is 4.31 Å². The van der Waals surface area contributed by atoms with Crippen LogP contribution in [0.3, 0.4) is 0 Å². The second kappa shape index (κ2) is 5.16. The number of hydrogen-bond donors (Lipinski definition) is 0. The highest BCUT2D eigenvalue weighted by molar-refractivity contribution is 7.89. The Kier molecular flexibility index (Phi) is 3.50. The van der Waals surface area contributed by atoms with E-state index in [2.05, 4.69) is 4.98 Å². The van der Waals surface area contributed by atoms with Crippen molar-refractivity contribution in [3.05, 3.63) is 47.6 Å². The Morgan fingerprint density at radius 3 is 2.75 bits per heavy atom. The monoisotopic (exact) mass is 308 g/mol. The summed E-state index contributed by atoms with van der Waals surface area (Å²) in [6, 6.07) is 8.35. The third-order valence-electron chi connectivity index (χ3n) is 3.29. The summed E-state index contributed by atoms with van der Waals surface area (Å²) < 4.78 is 26.6. The van der Waals surface area contributed by atoms with Gasteiger partial charge in [0.2, 0.25) is 10.0 Å². The lowest BCUT2D eigenvalue weighted by Crippen LogP contribution is -2.33. The van der Waals surface area contributed by atoms with Crippen molar-refractivity contribution >= 4 is 32.5 Å². The van der Waals surface area contributed by atoms with Crippen molar-refractivity contribution in [3.63, 3.8) is 0 Å². The van der Waals surface area contributed by atoms with Crippen LogP contribution in [0.4, 0.5) is 0 Å². The summed E-state index contributed by atoms with van der Waals surface area (Å²) in [6.45, 7) is 0.953. The molecule has 0 saturated heterocycles. The van der Waals surface area contributed by atoms with Crippen LogP contribution in [0.2, 0.25) is 5.15 Å². The average molecular weight is 309 g/mol. The number of aromatic nitrogens is 1. The zero-order valence-electron chi connectivity index (χ0n) is 10.7. The molecule has 0 atom stereocenters. The Morgan fingerprint density at radius 1 is 1.15 bits per heavy atom. The highest BCUT2D eigenvalue weighted by atomic mass is 35.5. The van der Waals surface area contributed by atoms with Crippen LogP contribution in [0.5, 0.6) is 0 Å². The zero-order valence-corrected chi connectivity index (χ0v) is 12.2. The smallest absolute Gasteiger partial charge is 0.236 e. The van der Waals surface area contributed by atoms with Crippen molar-refractivity contribution in [2.45, 2.75) is 11.3 Å². The molecular formula is C14H13ClN2O2S. The molecule has 0 unspecified atom stereocenters. The lowest BCUT2D eigenvalue weighted by atomic mass is 10.2. The van der Waals surface area contributed by atoms with Gasteiger partial charge >= 0.3 is 0 Å². The molecule has 1 aromatic carbocycles. The molecule has 1 aromatic heterocycles. The molecule has 0 fully saturated rings. The normalized spacial score (nSPS) is 16.6. The fraction of sp³-hybridized carbons (Fsp3) is 0.214. The van der Waals surface area contributed by atoms with E-state index in [-0.39, 0.29) is 0 Å². The largest absolute Gasteiger partial charge is 0.243 e. The molecule has 0 aliphatic carbocycles. The Hall–Kier alpha value is -1.43. The number of nitrogens with zero attached hydrogens (tertiary/aromatic N) is 2. The Balaban J connectivity index is 2.05. The van der Waals surface area contributed by atoms with Crippen molar-refractivity contribution < 1.29 is 8.42 Å². The number of pyridine rings is 1. The van der Waals surface area contributed by atoms with Crippen LogP contribution in [0.15, 0.2) is 47.4 Å². The lowest BCUT2D eigenvalue weighted by molar-refractivity contribution is 0.437. The van der Waals surface area contributed by atoms with Gasteiger partial charge in [-0.3, -0.25) is 0 Å². The van der Waals surface area contributed by atoms with Gasteiger partial charge in [0, 0.05) is 18.5 Å². The van der Waals surface area contributed by atoms with Crippen LogP contribution in [0.25, 0.3) is 10.9 Å². The number of sulfonamides is 1. The molecule has 104 valence electrons. The first-order valence-electron chi connectivity index (χ1n) is 6.29. The van der Waals surface area contributed by atoms with Crippen molar-refractivity contribution in [3.8, 4) is 0 Å². The summed E-state index contributed by atoms with van der Waals surface area (Å²) in [4.78, 5) is 4.45. The van der Waals surface area contributed by atoms with E-state index in [1.54, 1.807) is 30.3 Å². The van der Waals surface area contributed by atoms with E-state index < -0.39 is 10.0 Å². The zero-order chi connectivity index (χ0) is 14.2. The second-order valence-electron chi connectivity index (χ2n) is 4.61. The summed E-state index contributed by atoms with van der Waals surface area (Å²) in [6.07, 6.45) is 4.63. The minimum absolute atomic E-state index is 0.296. The fourth-order valence-electron chi connectivity index (χ4n) is 2.23. The summed E-state index contributed by atoms with van der Waals surface area (Å²) in [5.74, 6) is 0. The topological polar surface area (TPSA) is 50.3 Å². The molecule has 6 heteroatoms. The van der Waals surface area contributed by atoms with E-state index >= 15 is 0 Å². The van der Waals surface area contributed by atoms with Gasteiger partial charge in [0.05, 0.1) is 10.4 Å². The van der Waals surface area contributed by atoms with Gasteiger partial charge < -0.3 is 0 Å². The van der Waals surface area contributed by atoms with Crippen LogP contribution in [-0.4, -0.2) is 30.8 Å². The molecule has 2 heterocycles. The molecule has 0 amide bonds. The highest BCUT2D eigenvalue weighted by Crippen LogP contribution is 2.23. The molecule has 4 nitrogen and oxygen atoms in total. The SMILES string of the molecule is O=S(=O)(c1ccc2nc(Cl)ccc2c1)N1CC=CCC1. The molecule has 0 spiro atoms. The van der Waals surface area contributed by atoms with Crippen LogP contribution in [0.1, 0.15) is 6.42 Å². The first-order chi connectivity index (χ1) is 9.57. The second-order valence-corrected chi connectivity index (χ2v) is 6.94. The van der Waals surface area contributed by atoms with Crippen molar-refractivity contribution in [1.29, 1.82) is 0 Å². The molecule has 1 aliphatic rings. The molecule has 3 rings (SSSR count). The summed E-state index contributed by atoms with van der Waals surface area (Å²) in [7, 11) is -3.44. The molecule has 0 N–H and O–H groups in total. The van der Waals surface area contributed by atoms with Crippen molar-refractivity contribution in [1.82, 2.24) is 9.29 Å². The van der Waals surface area contributed by atoms with E-state index in [0.717, 1.165) is 11.8 Å². The van der Waals surface area contributed by atoms with E-state index in [1.807, 2.05) is 12.2 Å². The summed E-state index contributed by atoms with van der Waals surface area (Å²) in [5, 5.41) is 1.16. The maximum Gasteiger partial charge on any atom is 0.243 e. The highest BCUT2D eigenvalue weighted by Gasteiger charge is 2.24. The van der Waals surface area contributed by atoms with Gasteiger partial charge in [-0.1, -0.05) is 23.8 Å². The predicted molar refractivity (Wildman–Crippen MR) is 79.3 cm³/mol. The molecule has 2 aromatic rings. The first kappa shape index (κ1) is 13.5. The standard InChI is InChI=1S/C14H13ClN2O2S/c15-14-7-4-11-10-12(5-6-13(11)16-14)20(18,19)17-8-2-1-3-9-17/h1-2,4-7,10H,3,8-9H2. The Morgan fingerprint density at radius 2 is 2.00 bits per heavy atom. The summed E-state index contributed by atoms with van der Waals surface area (Å²) in [5.41, 5.74) is 0.690. The number of fused-ring (bicyclic) bond motifs is 1. The van der Waals surface area contributed by atoms with E-state index in [1.165, 1.54) is 4.31 Å². The van der Waals surface area contributed by atoms with Crippen LogP contribution < -0.4 is 0 Å². The van der Waals surface area contributed by atoms with Crippen molar-refractivity contribution in [2.24, 2.45) is 0 Å². The predicted octanol–water partition coefficient (Wildman–Crippen LogP) is 2.84. The molecule has 0 bridgehead atoms. The maximum absolute atomic E-state index is 12.5. The van der Waals surface area contributed by atoms with Crippen molar-refractivity contribution in [2.75, 3.05) is 13.1 Å². The Labute approximate surface area is 122 Å². The minimum Gasteiger partial charge on any atom is -0.236 e. The van der Waals surface area contributed by atoms with Crippen LogP contribution in [-0.2, 0) is 10.0 Å². The fourth-order valence-corrected chi connectivity index (χ4v) is 3.82. The third kappa shape index (κ3) is 2.44. The molecule has 0 radical (unpaired) electrons. The van der Waals surface area contributed by atoms with Gasteiger partial charge in [-0.15, -0.1) is 0 Å². The minimum atomic E-state index is -3.44. The molecule has 0 saturated carbocycles. The maximum atomic E-state index is 12.5.